The Morgan fingerprint density at radius 3 is 2.35 bits per heavy atom. The fourth-order valence-corrected chi connectivity index (χ4v) is 4.15. The van der Waals surface area contributed by atoms with Crippen LogP contribution in [0.25, 0.3) is 0 Å². The van der Waals surface area contributed by atoms with Gasteiger partial charge in [-0.25, -0.2) is 13.1 Å². The molecule has 0 saturated carbocycles. The van der Waals surface area contributed by atoms with Crippen LogP contribution in [0.1, 0.15) is 31.2 Å². The monoisotopic (exact) mass is 309 g/mol. The molecule has 0 radical (unpaired) electrons. The van der Waals surface area contributed by atoms with Crippen molar-refractivity contribution in [2.75, 3.05) is 0 Å². The predicted molar refractivity (Wildman–Crippen MR) is 83.3 cm³/mol. The second kappa shape index (κ2) is 6.52. The minimum absolute atomic E-state index is 0.166. The maximum Gasteiger partial charge on any atom is 0.241 e. The Labute approximate surface area is 124 Å². The van der Waals surface area contributed by atoms with E-state index in [1.165, 1.54) is 0 Å². The fourth-order valence-electron chi connectivity index (χ4n) is 2.04. The lowest BCUT2D eigenvalue weighted by Gasteiger charge is -2.19. The van der Waals surface area contributed by atoms with Gasteiger partial charge in [-0.1, -0.05) is 38.1 Å². The average molecular weight is 309 g/mol. The van der Waals surface area contributed by atoms with Gasteiger partial charge in [-0.05, 0) is 35.9 Å². The van der Waals surface area contributed by atoms with Crippen LogP contribution >= 0.6 is 11.3 Å². The van der Waals surface area contributed by atoms with E-state index in [1.54, 1.807) is 35.6 Å². The third-order valence-electron chi connectivity index (χ3n) is 2.94. The minimum Gasteiger partial charge on any atom is -0.207 e. The molecule has 1 heterocycles. The summed E-state index contributed by atoms with van der Waals surface area (Å²) >= 11 is 1.58. The first-order chi connectivity index (χ1) is 9.49. The van der Waals surface area contributed by atoms with Gasteiger partial charge in [0.25, 0.3) is 0 Å². The third kappa shape index (κ3) is 3.91. The van der Waals surface area contributed by atoms with E-state index in [9.17, 15) is 8.42 Å². The molecular weight excluding hydrogens is 290 g/mol. The molecule has 1 aromatic carbocycles. The van der Waals surface area contributed by atoms with Crippen molar-refractivity contribution < 1.29 is 8.42 Å². The third-order valence-corrected chi connectivity index (χ3v) is 5.42. The van der Waals surface area contributed by atoms with Crippen LogP contribution in [0.4, 0.5) is 0 Å². The molecule has 2 rings (SSSR count). The van der Waals surface area contributed by atoms with Crippen LogP contribution in [-0.4, -0.2) is 8.42 Å². The van der Waals surface area contributed by atoms with Crippen LogP contribution in [0, 0.1) is 5.92 Å². The zero-order chi connectivity index (χ0) is 14.6. The van der Waals surface area contributed by atoms with Crippen molar-refractivity contribution in [2.45, 2.75) is 31.2 Å². The summed E-state index contributed by atoms with van der Waals surface area (Å²) < 4.78 is 27.7. The van der Waals surface area contributed by atoms with Crippen molar-refractivity contribution in [3.8, 4) is 0 Å². The smallest absolute Gasteiger partial charge is 0.207 e. The highest BCUT2D eigenvalue weighted by Crippen LogP contribution is 2.27. The number of nitrogens with one attached hydrogen (secondary N) is 1. The van der Waals surface area contributed by atoms with Crippen molar-refractivity contribution in [3.63, 3.8) is 0 Å². The molecule has 3 nitrogen and oxygen atoms in total. The summed E-state index contributed by atoms with van der Waals surface area (Å²) in [6.07, 6.45) is 0.784. The van der Waals surface area contributed by atoms with Crippen LogP contribution in [0.3, 0.4) is 0 Å². The van der Waals surface area contributed by atoms with E-state index in [-0.39, 0.29) is 6.04 Å². The zero-order valence-corrected chi connectivity index (χ0v) is 13.2. The standard InChI is InChI=1S/C15H19NO2S2/c1-12(2)11-14(15-9-6-10-19-15)16-20(17,18)13-7-4-3-5-8-13/h3-10,12,14,16H,11H2,1-2H3. The SMILES string of the molecule is CC(C)CC(NS(=O)(=O)c1ccccc1)c1cccs1. The van der Waals surface area contributed by atoms with Gasteiger partial charge in [-0.2, -0.15) is 0 Å². The van der Waals surface area contributed by atoms with E-state index in [4.69, 9.17) is 0 Å². The largest absolute Gasteiger partial charge is 0.241 e. The highest BCUT2D eigenvalue weighted by molar-refractivity contribution is 7.89. The van der Waals surface area contributed by atoms with Gasteiger partial charge in [0.2, 0.25) is 10.0 Å². The quantitative estimate of drug-likeness (QED) is 0.882. The summed E-state index contributed by atoms with van der Waals surface area (Å²) in [5.74, 6) is 0.417. The second-order valence-corrected chi connectivity index (χ2v) is 7.83. The predicted octanol–water partition coefficient (Wildman–Crippen LogP) is 3.81. The van der Waals surface area contributed by atoms with Gasteiger partial charge >= 0.3 is 0 Å². The maximum absolute atomic E-state index is 12.4. The molecule has 0 aliphatic heterocycles. The Bertz CT molecular complexity index is 619. The normalized spacial score (nSPS) is 13.6. The second-order valence-electron chi connectivity index (χ2n) is 5.13. The molecule has 0 fully saturated rings. The van der Waals surface area contributed by atoms with E-state index >= 15 is 0 Å². The Balaban J connectivity index is 2.24. The van der Waals surface area contributed by atoms with Crippen molar-refractivity contribution in [1.82, 2.24) is 4.72 Å². The Morgan fingerprint density at radius 1 is 1.10 bits per heavy atom. The average Bonchev–Trinajstić information content (AvgIpc) is 2.92. The summed E-state index contributed by atoms with van der Waals surface area (Å²) in [7, 11) is -3.47. The molecule has 0 bridgehead atoms. The first-order valence-corrected chi connectivity index (χ1v) is 8.96. The Hall–Kier alpha value is -1.17. The van der Waals surface area contributed by atoms with E-state index in [1.807, 2.05) is 23.6 Å². The van der Waals surface area contributed by atoms with Gasteiger partial charge in [-0.3, -0.25) is 0 Å². The highest BCUT2D eigenvalue weighted by Gasteiger charge is 2.22. The van der Waals surface area contributed by atoms with Gasteiger partial charge < -0.3 is 0 Å². The van der Waals surface area contributed by atoms with Crippen molar-refractivity contribution >= 4 is 21.4 Å². The minimum atomic E-state index is -3.47. The molecule has 1 aromatic heterocycles. The molecule has 0 aliphatic rings. The van der Waals surface area contributed by atoms with Crippen LogP contribution in [0.5, 0.6) is 0 Å². The molecule has 0 spiro atoms. The van der Waals surface area contributed by atoms with Gasteiger partial charge in [0.05, 0.1) is 10.9 Å². The molecule has 5 heteroatoms. The lowest BCUT2D eigenvalue weighted by molar-refractivity contribution is 0.476. The maximum atomic E-state index is 12.4. The molecule has 20 heavy (non-hydrogen) atoms. The summed E-state index contributed by atoms with van der Waals surface area (Å²) in [6, 6.07) is 12.3. The van der Waals surface area contributed by atoms with Crippen LogP contribution in [-0.2, 0) is 10.0 Å². The number of thiophene rings is 1. The number of rotatable bonds is 6. The molecule has 0 saturated heterocycles. The van der Waals surface area contributed by atoms with Gasteiger partial charge in [0.1, 0.15) is 0 Å². The highest BCUT2D eigenvalue weighted by atomic mass is 32.2. The van der Waals surface area contributed by atoms with Crippen LogP contribution in [0.2, 0.25) is 0 Å². The lowest BCUT2D eigenvalue weighted by atomic mass is 10.0. The van der Waals surface area contributed by atoms with Gasteiger partial charge in [-0.15, -0.1) is 11.3 Å². The molecule has 108 valence electrons. The van der Waals surface area contributed by atoms with Gasteiger partial charge in [0.15, 0.2) is 0 Å². The first kappa shape index (κ1) is 15.2. The van der Waals surface area contributed by atoms with Crippen molar-refractivity contribution in [2.24, 2.45) is 5.92 Å². The molecule has 0 amide bonds. The summed E-state index contributed by atoms with van der Waals surface area (Å²) in [5.41, 5.74) is 0. The van der Waals surface area contributed by atoms with Crippen molar-refractivity contribution in [1.29, 1.82) is 0 Å². The van der Waals surface area contributed by atoms with E-state index < -0.39 is 10.0 Å². The van der Waals surface area contributed by atoms with E-state index in [0.717, 1.165) is 11.3 Å². The lowest BCUT2D eigenvalue weighted by Crippen LogP contribution is -2.29. The molecule has 1 unspecified atom stereocenters. The molecule has 1 atom stereocenters. The van der Waals surface area contributed by atoms with Crippen LogP contribution in [0.15, 0.2) is 52.7 Å². The summed E-state index contributed by atoms with van der Waals surface area (Å²) in [4.78, 5) is 1.36. The zero-order valence-electron chi connectivity index (χ0n) is 11.6. The van der Waals surface area contributed by atoms with E-state index in [2.05, 4.69) is 18.6 Å². The number of hydrogen-bond donors (Lipinski definition) is 1. The number of hydrogen-bond acceptors (Lipinski definition) is 3. The first-order valence-electron chi connectivity index (χ1n) is 6.60. The Kier molecular flexibility index (Phi) is 4.96. The van der Waals surface area contributed by atoms with Crippen molar-refractivity contribution in [3.05, 3.63) is 52.7 Å². The molecule has 2 aromatic rings. The summed E-state index contributed by atoms with van der Waals surface area (Å²) in [6.45, 7) is 4.19. The van der Waals surface area contributed by atoms with Gasteiger partial charge in [0, 0.05) is 4.88 Å². The van der Waals surface area contributed by atoms with Crippen LogP contribution < -0.4 is 4.72 Å². The number of sulfonamides is 1. The molecular formula is C15H19NO2S2. The molecule has 0 aliphatic carbocycles. The Morgan fingerprint density at radius 2 is 1.80 bits per heavy atom. The van der Waals surface area contributed by atoms with E-state index in [0.29, 0.717) is 10.8 Å². The fraction of sp³-hybridized carbons (Fsp3) is 0.333. The summed E-state index contributed by atoms with van der Waals surface area (Å²) in [5, 5.41) is 1.97. The number of benzene rings is 1. The molecule has 1 N–H and O–H groups in total. The topological polar surface area (TPSA) is 46.2 Å².